The minimum Gasteiger partial charge on any atom is -0.497 e. The largest absolute Gasteiger partial charge is 0.497 e. The van der Waals surface area contributed by atoms with Gasteiger partial charge in [0.2, 0.25) is 0 Å². The van der Waals surface area contributed by atoms with Gasteiger partial charge in [0.25, 0.3) is 0 Å². The molecule has 0 aromatic heterocycles. The molecule has 4 heteroatoms. The summed E-state index contributed by atoms with van der Waals surface area (Å²) in [5.41, 5.74) is 1.50. The van der Waals surface area contributed by atoms with Crippen LogP contribution in [0.15, 0.2) is 18.2 Å². The summed E-state index contributed by atoms with van der Waals surface area (Å²) in [6.07, 6.45) is 0. The molecule has 1 aliphatic rings. The molecular formula is C13H20N2O2. The number of hydrogen-bond donors (Lipinski definition) is 2. The van der Waals surface area contributed by atoms with Gasteiger partial charge in [0.05, 0.1) is 24.1 Å². The molecule has 1 aromatic rings. The van der Waals surface area contributed by atoms with Crippen molar-refractivity contribution in [2.45, 2.75) is 19.4 Å². The van der Waals surface area contributed by atoms with Crippen molar-refractivity contribution < 1.29 is 9.84 Å². The first-order valence-corrected chi connectivity index (χ1v) is 5.89. The number of anilines is 2. The van der Waals surface area contributed by atoms with Crippen LogP contribution in [-0.2, 0) is 0 Å². The second-order valence-corrected chi connectivity index (χ2v) is 5.04. The minimum atomic E-state index is -0.697. The van der Waals surface area contributed by atoms with Gasteiger partial charge in [-0.2, -0.15) is 0 Å². The minimum absolute atomic E-state index is 0.620. The highest BCUT2D eigenvalue weighted by atomic mass is 16.5. The van der Waals surface area contributed by atoms with E-state index in [1.54, 1.807) is 7.11 Å². The third kappa shape index (κ3) is 2.82. The fourth-order valence-electron chi connectivity index (χ4n) is 2.13. The zero-order valence-corrected chi connectivity index (χ0v) is 10.7. The maximum absolute atomic E-state index is 9.93. The van der Waals surface area contributed by atoms with Crippen molar-refractivity contribution in [2.24, 2.45) is 0 Å². The van der Waals surface area contributed by atoms with Crippen molar-refractivity contribution in [2.75, 3.05) is 37.0 Å². The Kier molecular flexibility index (Phi) is 3.15. The Morgan fingerprint density at radius 3 is 2.88 bits per heavy atom. The lowest BCUT2D eigenvalue weighted by molar-refractivity contribution is 0.0874. The van der Waals surface area contributed by atoms with Crippen LogP contribution in [0, 0.1) is 0 Å². The number of methoxy groups -OCH3 is 1. The maximum Gasteiger partial charge on any atom is 0.121 e. The van der Waals surface area contributed by atoms with E-state index in [1.165, 1.54) is 0 Å². The van der Waals surface area contributed by atoms with Crippen LogP contribution in [0.5, 0.6) is 5.75 Å². The molecule has 1 aromatic carbocycles. The Morgan fingerprint density at radius 2 is 2.24 bits per heavy atom. The lowest BCUT2D eigenvalue weighted by Crippen LogP contribution is -2.43. The number of ether oxygens (including phenoxy) is 1. The number of β-amino-alcohol motifs (C(OH)–C–C–N with tert-alkyl or cyclic N) is 1. The van der Waals surface area contributed by atoms with E-state index in [4.69, 9.17) is 4.74 Å². The van der Waals surface area contributed by atoms with Crippen LogP contribution in [0.1, 0.15) is 13.8 Å². The van der Waals surface area contributed by atoms with Gasteiger partial charge in [0.1, 0.15) is 5.75 Å². The summed E-state index contributed by atoms with van der Waals surface area (Å²) >= 11 is 0. The SMILES string of the molecule is COc1ccc2c(c1)N(CC(C)(C)O)CCN2. The number of hydrogen-bond acceptors (Lipinski definition) is 4. The predicted molar refractivity (Wildman–Crippen MR) is 70.0 cm³/mol. The number of benzene rings is 1. The number of fused-ring (bicyclic) bond motifs is 1. The van der Waals surface area contributed by atoms with Crippen LogP contribution in [0.25, 0.3) is 0 Å². The zero-order valence-electron chi connectivity index (χ0n) is 10.7. The molecule has 1 aliphatic heterocycles. The monoisotopic (exact) mass is 236 g/mol. The standard InChI is InChI=1S/C13H20N2O2/c1-13(2,16)9-15-7-6-14-11-5-4-10(17-3)8-12(11)15/h4-5,8,14,16H,6-7,9H2,1-3H3. The average Bonchev–Trinajstić information content (AvgIpc) is 2.27. The molecular weight excluding hydrogens is 216 g/mol. The Balaban J connectivity index is 2.29. The number of aliphatic hydroxyl groups is 1. The predicted octanol–water partition coefficient (Wildman–Crippen LogP) is 1.70. The summed E-state index contributed by atoms with van der Waals surface area (Å²) < 4.78 is 5.24. The van der Waals surface area contributed by atoms with Gasteiger partial charge in [-0.15, -0.1) is 0 Å². The molecule has 0 amide bonds. The van der Waals surface area contributed by atoms with Crippen LogP contribution in [-0.4, -0.2) is 37.5 Å². The fourth-order valence-corrected chi connectivity index (χ4v) is 2.13. The normalized spacial score (nSPS) is 15.2. The molecule has 0 saturated carbocycles. The van der Waals surface area contributed by atoms with Gasteiger partial charge < -0.3 is 20.1 Å². The van der Waals surface area contributed by atoms with Crippen LogP contribution >= 0.6 is 0 Å². The van der Waals surface area contributed by atoms with Gasteiger partial charge in [-0.1, -0.05) is 0 Å². The number of rotatable bonds is 3. The fraction of sp³-hybridized carbons (Fsp3) is 0.538. The number of nitrogens with one attached hydrogen (secondary N) is 1. The third-order valence-electron chi connectivity index (χ3n) is 2.82. The maximum atomic E-state index is 9.93. The Labute approximate surface area is 102 Å². The van der Waals surface area contributed by atoms with Crippen molar-refractivity contribution in [1.29, 1.82) is 0 Å². The van der Waals surface area contributed by atoms with Gasteiger partial charge in [-0.25, -0.2) is 0 Å². The van der Waals surface area contributed by atoms with Crippen molar-refractivity contribution in [3.63, 3.8) is 0 Å². The Hall–Kier alpha value is -1.42. The molecule has 0 radical (unpaired) electrons. The first-order chi connectivity index (χ1) is 7.99. The van der Waals surface area contributed by atoms with Crippen molar-refractivity contribution in [3.8, 4) is 5.75 Å². The van der Waals surface area contributed by atoms with E-state index < -0.39 is 5.60 Å². The zero-order chi connectivity index (χ0) is 12.5. The van der Waals surface area contributed by atoms with Crippen LogP contribution in [0.4, 0.5) is 11.4 Å². The van der Waals surface area contributed by atoms with Gasteiger partial charge in [0, 0.05) is 25.7 Å². The van der Waals surface area contributed by atoms with E-state index in [1.807, 2.05) is 32.0 Å². The molecule has 0 bridgehead atoms. The van der Waals surface area contributed by atoms with Crippen molar-refractivity contribution in [1.82, 2.24) is 0 Å². The molecule has 17 heavy (non-hydrogen) atoms. The molecule has 4 nitrogen and oxygen atoms in total. The summed E-state index contributed by atoms with van der Waals surface area (Å²) in [7, 11) is 1.66. The lowest BCUT2D eigenvalue weighted by atomic mass is 10.1. The highest BCUT2D eigenvalue weighted by Gasteiger charge is 2.23. The van der Waals surface area contributed by atoms with Crippen LogP contribution < -0.4 is 15.0 Å². The van der Waals surface area contributed by atoms with E-state index in [9.17, 15) is 5.11 Å². The summed E-state index contributed by atoms with van der Waals surface area (Å²) in [6.45, 7) is 6.07. The Bertz CT molecular complexity index is 399. The van der Waals surface area contributed by atoms with Crippen LogP contribution in [0.3, 0.4) is 0 Å². The van der Waals surface area contributed by atoms with Crippen LogP contribution in [0.2, 0.25) is 0 Å². The summed E-state index contributed by atoms with van der Waals surface area (Å²) in [4.78, 5) is 2.19. The Morgan fingerprint density at radius 1 is 1.47 bits per heavy atom. The van der Waals surface area contributed by atoms with E-state index in [0.29, 0.717) is 6.54 Å². The number of nitrogens with zero attached hydrogens (tertiary/aromatic N) is 1. The van der Waals surface area contributed by atoms with E-state index in [-0.39, 0.29) is 0 Å². The van der Waals surface area contributed by atoms with E-state index >= 15 is 0 Å². The lowest BCUT2D eigenvalue weighted by Gasteiger charge is -2.36. The first-order valence-electron chi connectivity index (χ1n) is 5.89. The molecule has 0 atom stereocenters. The smallest absolute Gasteiger partial charge is 0.121 e. The van der Waals surface area contributed by atoms with Gasteiger partial charge >= 0.3 is 0 Å². The molecule has 0 saturated heterocycles. The first kappa shape index (κ1) is 12.0. The highest BCUT2D eigenvalue weighted by Crippen LogP contribution is 2.33. The molecule has 0 unspecified atom stereocenters. The molecule has 2 rings (SSSR count). The summed E-state index contributed by atoms with van der Waals surface area (Å²) in [6, 6.07) is 5.97. The summed E-state index contributed by atoms with van der Waals surface area (Å²) in [5.74, 6) is 0.841. The topological polar surface area (TPSA) is 44.7 Å². The van der Waals surface area contributed by atoms with Gasteiger partial charge in [0.15, 0.2) is 0 Å². The van der Waals surface area contributed by atoms with E-state index in [2.05, 4.69) is 10.2 Å². The molecule has 0 spiro atoms. The molecule has 2 N–H and O–H groups in total. The van der Waals surface area contributed by atoms with Crippen molar-refractivity contribution >= 4 is 11.4 Å². The van der Waals surface area contributed by atoms with Gasteiger partial charge in [-0.3, -0.25) is 0 Å². The highest BCUT2D eigenvalue weighted by molar-refractivity contribution is 5.74. The van der Waals surface area contributed by atoms with Gasteiger partial charge in [-0.05, 0) is 26.0 Å². The second kappa shape index (κ2) is 4.45. The van der Waals surface area contributed by atoms with E-state index in [0.717, 1.165) is 30.2 Å². The molecule has 0 aliphatic carbocycles. The third-order valence-corrected chi connectivity index (χ3v) is 2.82. The molecule has 1 heterocycles. The average molecular weight is 236 g/mol. The van der Waals surface area contributed by atoms with Crippen molar-refractivity contribution in [3.05, 3.63) is 18.2 Å². The molecule has 0 fully saturated rings. The molecule has 94 valence electrons. The second-order valence-electron chi connectivity index (χ2n) is 5.04. The summed E-state index contributed by atoms with van der Waals surface area (Å²) in [5, 5.41) is 13.3. The quantitative estimate of drug-likeness (QED) is 0.838.